The summed E-state index contributed by atoms with van der Waals surface area (Å²) in [7, 11) is 1.28. The number of nitrogens with zero attached hydrogens (tertiary/aromatic N) is 1. The number of benzene rings is 2. The summed E-state index contributed by atoms with van der Waals surface area (Å²) < 4.78 is 28.1. The van der Waals surface area contributed by atoms with Crippen LogP contribution in [0.2, 0.25) is 0 Å². The van der Waals surface area contributed by atoms with Crippen LogP contribution in [0.5, 0.6) is 23.0 Å². The molecule has 1 aliphatic rings. The maximum Gasteiger partial charge on any atom is 0.337 e. The third-order valence-electron chi connectivity index (χ3n) is 6.28. The zero-order chi connectivity index (χ0) is 30.6. The van der Waals surface area contributed by atoms with Gasteiger partial charge in [-0.15, -0.1) is 0 Å². The van der Waals surface area contributed by atoms with Gasteiger partial charge in [-0.25, -0.2) is 9.59 Å². The Morgan fingerprint density at radius 1 is 1.05 bits per heavy atom. The van der Waals surface area contributed by atoms with Gasteiger partial charge < -0.3 is 39.4 Å². The number of methoxy groups -OCH3 is 1. The highest BCUT2D eigenvalue weighted by Gasteiger charge is 2.32. The lowest BCUT2D eigenvalue weighted by molar-refractivity contribution is -0.136. The molecule has 0 aromatic heterocycles. The average Bonchev–Trinajstić information content (AvgIpc) is 2.97. The SMILES string of the molecule is CCOc1cc([C@@H]2NC(=O)NC(C)=C2C(=O)OC)ccc1OC[C@H](O)N/N=C\c1ccc(O[C@@H](C)CC)c(OCC)c1. The van der Waals surface area contributed by atoms with Crippen molar-refractivity contribution in [2.75, 3.05) is 26.9 Å². The van der Waals surface area contributed by atoms with Crippen LogP contribution < -0.4 is 35.0 Å². The Morgan fingerprint density at radius 3 is 2.40 bits per heavy atom. The fraction of sp³-hybridized carbons (Fsp3) is 0.433. The van der Waals surface area contributed by atoms with Crippen molar-refractivity contribution in [3.05, 3.63) is 58.8 Å². The number of nitrogens with one attached hydrogen (secondary N) is 3. The van der Waals surface area contributed by atoms with Gasteiger partial charge in [-0.1, -0.05) is 13.0 Å². The van der Waals surface area contributed by atoms with Crippen LogP contribution in [0, 0.1) is 0 Å². The number of hydrogen-bond donors (Lipinski definition) is 4. The molecule has 1 heterocycles. The predicted molar refractivity (Wildman–Crippen MR) is 157 cm³/mol. The van der Waals surface area contributed by atoms with Crippen LogP contribution in [-0.2, 0) is 9.53 Å². The summed E-state index contributed by atoms with van der Waals surface area (Å²) in [4.78, 5) is 24.6. The highest BCUT2D eigenvalue weighted by Crippen LogP contribution is 2.35. The third-order valence-corrected chi connectivity index (χ3v) is 6.28. The quantitative estimate of drug-likeness (QED) is 0.106. The van der Waals surface area contributed by atoms with E-state index in [1.165, 1.54) is 7.11 Å². The normalized spacial score (nSPS) is 16.3. The fourth-order valence-electron chi connectivity index (χ4n) is 4.09. The summed E-state index contributed by atoms with van der Waals surface area (Å²) in [5.74, 6) is 1.46. The summed E-state index contributed by atoms with van der Waals surface area (Å²) in [6.07, 6.45) is 1.36. The van der Waals surface area contributed by atoms with E-state index in [1.54, 1.807) is 31.3 Å². The largest absolute Gasteiger partial charge is 0.490 e. The Balaban J connectivity index is 1.67. The van der Waals surface area contributed by atoms with Crippen LogP contribution in [0.4, 0.5) is 4.79 Å². The molecule has 3 rings (SSSR count). The van der Waals surface area contributed by atoms with Crippen molar-refractivity contribution in [1.82, 2.24) is 16.1 Å². The van der Waals surface area contributed by atoms with E-state index in [1.807, 2.05) is 39.0 Å². The number of amides is 2. The first-order valence-electron chi connectivity index (χ1n) is 13.9. The van der Waals surface area contributed by atoms with Crippen LogP contribution in [-0.4, -0.2) is 62.6 Å². The van der Waals surface area contributed by atoms with Crippen molar-refractivity contribution >= 4 is 18.2 Å². The van der Waals surface area contributed by atoms with Gasteiger partial charge in [-0.3, -0.25) is 5.43 Å². The Morgan fingerprint density at radius 2 is 1.74 bits per heavy atom. The minimum absolute atomic E-state index is 0.0591. The lowest BCUT2D eigenvalue weighted by atomic mass is 9.95. The van der Waals surface area contributed by atoms with E-state index < -0.39 is 24.3 Å². The van der Waals surface area contributed by atoms with Crippen molar-refractivity contribution in [3.63, 3.8) is 0 Å². The number of ether oxygens (including phenoxy) is 5. The van der Waals surface area contributed by atoms with Gasteiger partial charge in [0, 0.05) is 5.70 Å². The molecule has 12 nitrogen and oxygen atoms in total. The number of aliphatic hydroxyl groups excluding tert-OH is 1. The Bertz CT molecular complexity index is 1300. The fourth-order valence-corrected chi connectivity index (χ4v) is 4.09. The van der Waals surface area contributed by atoms with Crippen LogP contribution in [0.1, 0.15) is 58.2 Å². The summed E-state index contributed by atoms with van der Waals surface area (Å²) in [6.45, 7) is 10.1. The first-order chi connectivity index (χ1) is 20.2. The molecular weight excluding hydrogens is 544 g/mol. The Kier molecular flexibility index (Phi) is 11.9. The number of hydrogen-bond acceptors (Lipinski definition) is 10. The number of aliphatic hydroxyl groups is 1. The van der Waals surface area contributed by atoms with Crippen LogP contribution >= 0.6 is 0 Å². The van der Waals surface area contributed by atoms with Gasteiger partial charge in [0.05, 0.1) is 44.3 Å². The average molecular weight is 585 g/mol. The monoisotopic (exact) mass is 584 g/mol. The molecule has 4 N–H and O–H groups in total. The number of hydrazone groups is 1. The lowest BCUT2D eigenvalue weighted by Gasteiger charge is -2.28. The smallest absolute Gasteiger partial charge is 0.337 e. The van der Waals surface area contributed by atoms with Crippen molar-refractivity contribution < 1.29 is 38.4 Å². The van der Waals surface area contributed by atoms with Gasteiger partial charge >= 0.3 is 12.0 Å². The first kappa shape index (κ1) is 32.1. The van der Waals surface area contributed by atoms with Crippen molar-refractivity contribution in [3.8, 4) is 23.0 Å². The van der Waals surface area contributed by atoms with Crippen LogP contribution in [0.15, 0.2) is 52.8 Å². The molecule has 0 aliphatic carbocycles. The van der Waals surface area contributed by atoms with Gasteiger partial charge in [0.1, 0.15) is 6.61 Å². The first-order valence-corrected chi connectivity index (χ1v) is 13.9. The molecule has 12 heteroatoms. The van der Waals surface area contributed by atoms with Gasteiger partial charge in [-0.05, 0) is 75.6 Å². The molecule has 2 aromatic rings. The minimum Gasteiger partial charge on any atom is -0.490 e. The molecule has 2 aromatic carbocycles. The number of rotatable bonds is 15. The molecule has 3 atom stereocenters. The Labute approximate surface area is 246 Å². The molecule has 0 saturated heterocycles. The maximum atomic E-state index is 12.4. The van der Waals surface area contributed by atoms with Gasteiger partial charge in [-0.2, -0.15) is 5.10 Å². The van der Waals surface area contributed by atoms with E-state index >= 15 is 0 Å². The van der Waals surface area contributed by atoms with Crippen molar-refractivity contribution in [2.45, 2.75) is 59.4 Å². The summed E-state index contributed by atoms with van der Waals surface area (Å²) in [6, 6.07) is 9.32. The highest BCUT2D eigenvalue weighted by molar-refractivity contribution is 5.95. The number of allylic oxidation sites excluding steroid dienone is 1. The topological polar surface area (TPSA) is 149 Å². The number of urea groups is 1. The standard InChI is InChI=1S/C30H40N4O8/c1-7-18(4)42-23-12-10-20(14-24(23)39-8-2)16-31-34-26(35)17-41-22-13-11-21(15-25(22)40-9-3)28-27(29(36)38-6)19(5)32-30(37)33-28/h10-16,18,26,28,34-35H,7-9,17H2,1-6H3,(H2,32,33,37)/b31-16-/t18-,26-,28-/m0/s1. The van der Waals surface area contributed by atoms with E-state index in [2.05, 4.69) is 28.1 Å². The van der Waals surface area contributed by atoms with Crippen molar-refractivity contribution in [2.24, 2.45) is 5.10 Å². The molecule has 228 valence electrons. The molecule has 0 unspecified atom stereocenters. The molecule has 0 saturated carbocycles. The maximum absolute atomic E-state index is 12.4. The molecule has 0 radical (unpaired) electrons. The number of esters is 1. The number of carbonyl (C=O) groups excluding carboxylic acids is 2. The zero-order valence-corrected chi connectivity index (χ0v) is 24.9. The van der Waals surface area contributed by atoms with Crippen molar-refractivity contribution in [1.29, 1.82) is 0 Å². The predicted octanol–water partition coefficient (Wildman–Crippen LogP) is 3.78. The molecule has 0 spiro atoms. The summed E-state index contributed by atoms with van der Waals surface area (Å²) in [5, 5.41) is 19.9. The van der Waals surface area contributed by atoms with E-state index in [9.17, 15) is 14.7 Å². The zero-order valence-electron chi connectivity index (χ0n) is 24.9. The molecule has 2 amide bonds. The van der Waals surface area contributed by atoms with Crippen LogP contribution in [0.3, 0.4) is 0 Å². The number of carbonyl (C=O) groups is 2. The van der Waals surface area contributed by atoms with E-state index in [4.69, 9.17) is 23.7 Å². The molecule has 0 fully saturated rings. The van der Waals surface area contributed by atoms with E-state index in [-0.39, 0.29) is 18.3 Å². The summed E-state index contributed by atoms with van der Waals surface area (Å²) in [5.41, 5.74) is 4.65. The lowest BCUT2D eigenvalue weighted by Crippen LogP contribution is -2.45. The third kappa shape index (κ3) is 8.53. The van der Waals surface area contributed by atoms with Gasteiger partial charge in [0.15, 0.2) is 29.2 Å². The Hall–Kier alpha value is -4.45. The molecule has 0 bridgehead atoms. The minimum atomic E-state index is -1.13. The highest BCUT2D eigenvalue weighted by atomic mass is 16.5. The second kappa shape index (κ2) is 15.5. The molecule has 42 heavy (non-hydrogen) atoms. The summed E-state index contributed by atoms with van der Waals surface area (Å²) >= 11 is 0. The van der Waals surface area contributed by atoms with Gasteiger partial charge in [0.25, 0.3) is 0 Å². The molecule has 1 aliphatic heterocycles. The molecular formula is C30H40N4O8. The van der Waals surface area contributed by atoms with Gasteiger partial charge in [0.2, 0.25) is 0 Å². The van der Waals surface area contributed by atoms with Crippen LogP contribution in [0.25, 0.3) is 0 Å². The van der Waals surface area contributed by atoms with E-state index in [0.717, 1.165) is 12.0 Å². The van der Waals surface area contributed by atoms with E-state index in [0.29, 0.717) is 47.5 Å². The second-order valence-corrected chi connectivity index (χ2v) is 9.39. The second-order valence-electron chi connectivity index (χ2n) is 9.39.